The van der Waals surface area contributed by atoms with E-state index < -0.39 is 0 Å². The summed E-state index contributed by atoms with van der Waals surface area (Å²) in [5.41, 5.74) is 5.16. The molecule has 2 rings (SSSR count). The van der Waals surface area contributed by atoms with Crippen molar-refractivity contribution in [2.45, 2.75) is 33.6 Å². The Labute approximate surface area is 98.1 Å². The molecule has 0 spiro atoms. The third-order valence-corrected chi connectivity index (χ3v) is 3.73. The van der Waals surface area contributed by atoms with Crippen LogP contribution in [0, 0.1) is 19.8 Å². The van der Waals surface area contributed by atoms with Crippen LogP contribution in [-0.4, -0.2) is 6.61 Å². The molecule has 16 heavy (non-hydrogen) atoms. The van der Waals surface area contributed by atoms with Gasteiger partial charge in [-0.2, -0.15) is 0 Å². The zero-order valence-electron chi connectivity index (χ0n) is 10.5. The summed E-state index contributed by atoms with van der Waals surface area (Å²) in [4.78, 5) is 0. The molecule has 0 aromatic heterocycles. The first kappa shape index (κ1) is 11.3. The molecule has 0 amide bonds. The molecule has 1 aromatic carbocycles. The lowest BCUT2D eigenvalue weighted by Crippen LogP contribution is -2.03. The first-order valence-electron chi connectivity index (χ1n) is 6.07. The van der Waals surface area contributed by atoms with Gasteiger partial charge >= 0.3 is 0 Å². The van der Waals surface area contributed by atoms with Crippen molar-refractivity contribution < 1.29 is 4.74 Å². The summed E-state index contributed by atoms with van der Waals surface area (Å²) in [6.45, 7) is 11.6. The molecule has 1 atom stereocenters. The third kappa shape index (κ3) is 1.75. The lowest BCUT2D eigenvalue weighted by atomic mass is 9.86. The monoisotopic (exact) mass is 216 g/mol. The van der Waals surface area contributed by atoms with E-state index in [1.165, 1.54) is 22.3 Å². The highest BCUT2D eigenvalue weighted by atomic mass is 16.5. The Bertz CT molecular complexity index is 418. The van der Waals surface area contributed by atoms with Gasteiger partial charge in [0.25, 0.3) is 0 Å². The zero-order chi connectivity index (χ0) is 11.7. The van der Waals surface area contributed by atoms with Crippen molar-refractivity contribution in [1.82, 2.24) is 0 Å². The largest absolute Gasteiger partial charge is 0.493 e. The molecule has 0 saturated heterocycles. The summed E-state index contributed by atoms with van der Waals surface area (Å²) in [7, 11) is 0. The van der Waals surface area contributed by atoms with Crippen molar-refractivity contribution in [1.29, 1.82) is 0 Å². The van der Waals surface area contributed by atoms with E-state index in [1.807, 2.05) is 0 Å². The summed E-state index contributed by atoms with van der Waals surface area (Å²) in [5.74, 6) is 1.59. The van der Waals surface area contributed by atoms with Crippen molar-refractivity contribution >= 4 is 5.57 Å². The molecule has 0 saturated carbocycles. The van der Waals surface area contributed by atoms with Crippen molar-refractivity contribution in [2.75, 3.05) is 6.61 Å². The highest BCUT2D eigenvalue weighted by Crippen LogP contribution is 2.39. The average Bonchev–Trinajstić information content (AvgIpc) is 2.43. The molecule has 1 unspecified atom stereocenters. The van der Waals surface area contributed by atoms with Crippen LogP contribution in [0.25, 0.3) is 5.57 Å². The minimum atomic E-state index is 0.571. The molecule has 1 aliphatic heterocycles. The quantitative estimate of drug-likeness (QED) is 0.686. The molecular weight excluding hydrogens is 196 g/mol. The Morgan fingerprint density at radius 1 is 1.38 bits per heavy atom. The first-order chi connectivity index (χ1) is 7.65. The molecule has 86 valence electrons. The molecule has 0 bridgehead atoms. The second-order valence-electron chi connectivity index (χ2n) is 4.65. The fourth-order valence-electron chi connectivity index (χ4n) is 2.45. The Morgan fingerprint density at radius 3 is 2.81 bits per heavy atom. The van der Waals surface area contributed by atoms with E-state index >= 15 is 0 Å². The maximum atomic E-state index is 5.83. The van der Waals surface area contributed by atoms with Crippen LogP contribution in [0.3, 0.4) is 0 Å². The molecule has 1 aliphatic rings. The molecule has 0 fully saturated rings. The van der Waals surface area contributed by atoms with Crippen LogP contribution in [0.15, 0.2) is 18.7 Å². The van der Waals surface area contributed by atoms with Crippen LogP contribution >= 0.6 is 0 Å². The average molecular weight is 216 g/mol. The minimum Gasteiger partial charge on any atom is -0.493 e. The standard InChI is InChI=1S/C15H20O/c1-5-13-8-9-16-14-7-6-10(2)11(3)15(14)12(13)4/h6-7,13H,4-5,8-9H2,1-3H3. The highest BCUT2D eigenvalue weighted by molar-refractivity contribution is 5.74. The van der Waals surface area contributed by atoms with Gasteiger partial charge in [0.05, 0.1) is 6.61 Å². The Balaban J connectivity index is 2.55. The maximum absolute atomic E-state index is 5.83. The van der Waals surface area contributed by atoms with E-state index in [1.54, 1.807) is 0 Å². The van der Waals surface area contributed by atoms with Gasteiger partial charge in [0.1, 0.15) is 5.75 Å². The highest BCUT2D eigenvalue weighted by Gasteiger charge is 2.22. The normalized spacial score (nSPS) is 19.9. The fourth-order valence-corrected chi connectivity index (χ4v) is 2.45. The van der Waals surface area contributed by atoms with Gasteiger partial charge in [-0.15, -0.1) is 0 Å². The summed E-state index contributed by atoms with van der Waals surface area (Å²) in [6, 6.07) is 4.22. The topological polar surface area (TPSA) is 9.23 Å². The Morgan fingerprint density at radius 2 is 2.12 bits per heavy atom. The second kappa shape index (κ2) is 4.32. The van der Waals surface area contributed by atoms with Gasteiger partial charge in [-0.25, -0.2) is 0 Å². The van der Waals surface area contributed by atoms with Gasteiger partial charge in [0.2, 0.25) is 0 Å². The van der Waals surface area contributed by atoms with Crippen LogP contribution in [0.4, 0.5) is 0 Å². The minimum absolute atomic E-state index is 0.571. The molecule has 1 nitrogen and oxygen atoms in total. The van der Waals surface area contributed by atoms with Gasteiger partial charge in [-0.05, 0) is 55.4 Å². The van der Waals surface area contributed by atoms with E-state index in [4.69, 9.17) is 4.74 Å². The van der Waals surface area contributed by atoms with Gasteiger partial charge < -0.3 is 4.74 Å². The maximum Gasteiger partial charge on any atom is 0.127 e. The number of allylic oxidation sites excluding steroid dienone is 1. The van der Waals surface area contributed by atoms with Gasteiger partial charge in [-0.3, -0.25) is 0 Å². The second-order valence-corrected chi connectivity index (χ2v) is 4.65. The summed E-state index contributed by atoms with van der Waals surface area (Å²) in [6.07, 6.45) is 2.23. The third-order valence-electron chi connectivity index (χ3n) is 3.73. The number of aryl methyl sites for hydroxylation is 1. The fraction of sp³-hybridized carbons (Fsp3) is 0.467. The Kier molecular flexibility index (Phi) is 3.04. The molecule has 1 aromatic rings. The van der Waals surface area contributed by atoms with Crippen LogP contribution in [0.1, 0.15) is 36.5 Å². The van der Waals surface area contributed by atoms with Crippen molar-refractivity contribution in [2.24, 2.45) is 5.92 Å². The molecule has 1 heteroatoms. The van der Waals surface area contributed by atoms with E-state index in [9.17, 15) is 0 Å². The number of hydrogen-bond acceptors (Lipinski definition) is 1. The number of benzene rings is 1. The van der Waals surface area contributed by atoms with Crippen LogP contribution in [0.2, 0.25) is 0 Å². The summed E-state index contributed by atoms with van der Waals surface area (Å²) >= 11 is 0. The molecule has 0 aliphatic carbocycles. The first-order valence-corrected chi connectivity index (χ1v) is 6.07. The van der Waals surface area contributed by atoms with Gasteiger partial charge in [0, 0.05) is 5.56 Å². The predicted molar refractivity (Wildman–Crippen MR) is 68.8 cm³/mol. The van der Waals surface area contributed by atoms with Crippen LogP contribution < -0.4 is 4.74 Å². The number of hydrogen-bond donors (Lipinski definition) is 0. The smallest absolute Gasteiger partial charge is 0.127 e. The van der Waals surface area contributed by atoms with Crippen molar-refractivity contribution in [3.8, 4) is 5.75 Å². The van der Waals surface area contributed by atoms with Crippen LogP contribution in [0.5, 0.6) is 5.75 Å². The van der Waals surface area contributed by atoms with Crippen molar-refractivity contribution in [3.05, 3.63) is 35.4 Å². The SMILES string of the molecule is C=C1c2c(ccc(C)c2C)OCCC1CC. The summed E-state index contributed by atoms with van der Waals surface area (Å²) < 4.78 is 5.83. The van der Waals surface area contributed by atoms with Gasteiger partial charge in [-0.1, -0.05) is 19.6 Å². The van der Waals surface area contributed by atoms with E-state index in [2.05, 4.69) is 39.5 Å². The Hall–Kier alpha value is -1.24. The van der Waals surface area contributed by atoms with Gasteiger partial charge in [0.15, 0.2) is 0 Å². The molecule has 0 N–H and O–H groups in total. The summed E-state index contributed by atoms with van der Waals surface area (Å²) in [5, 5.41) is 0. The van der Waals surface area contributed by atoms with Crippen LogP contribution in [-0.2, 0) is 0 Å². The molecule has 0 radical (unpaired) electrons. The number of rotatable bonds is 1. The number of fused-ring (bicyclic) bond motifs is 1. The van der Waals surface area contributed by atoms with E-state index in [0.717, 1.165) is 25.2 Å². The van der Waals surface area contributed by atoms with Crippen molar-refractivity contribution in [3.63, 3.8) is 0 Å². The van der Waals surface area contributed by atoms with E-state index in [-0.39, 0.29) is 0 Å². The zero-order valence-corrected chi connectivity index (χ0v) is 10.5. The number of ether oxygens (including phenoxy) is 1. The molecule has 1 heterocycles. The molecular formula is C15H20O. The lowest BCUT2D eigenvalue weighted by molar-refractivity contribution is 0.300. The van der Waals surface area contributed by atoms with E-state index in [0.29, 0.717) is 5.92 Å². The predicted octanol–water partition coefficient (Wildman–Crippen LogP) is 4.13. The lowest BCUT2D eigenvalue weighted by Gasteiger charge is -2.17.